The fourth-order valence-corrected chi connectivity index (χ4v) is 1.39. The number of nitriles is 1. The van der Waals surface area contributed by atoms with Crippen LogP contribution in [0.2, 0.25) is 0 Å². The molecule has 0 atom stereocenters. The minimum absolute atomic E-state index is 0.0413. The zero-order valence-electron chi connectivity index (χ0n) is 9.71. The van der Waals surface area contributed by atoms with Crippen LogP contribution in [0.25, 0.3) is 0 Å². The molecular formula is C13H10N2O3. The zero-order chi connectivity index (χ0) is 13.0. The van der Waals surface area contributed by atoms with Crippen molar-refractivity contribution >= 4 is 5.97 Å². The van der Waals surface area contributed by atoms with Crippen molar-refractivity contribution < 1.29 is 14.1 Å². The van der Waals surface area contributed by atoms with E-state index in [9.17, 15) is 4.79 Å². The number of benzene rings is 1. The summed E-state index contributed by atoms with van der Waals surface area (Å²) in [5.74, 6) is 0.0306. The Balaban J connectivity index is 1.97. The van der Waals surface area contributed by atoms with E-state index in [0.29, 0.717) is 16.9 Å². The van der Waals surface area contributed by atoms with Crippen molar-refractivity contribution in [3.63, 3.8) is 0 Å². The quantitative estimate of drug-likeness (QED) is 0.771. The van der Waals surface area contributed by atoms with Gasteiger partial charge < -0.3 is 9.26 Å². The maximum Gasteiger partial charge on any atom is 0.338 e. The molecule has 18 heavy (non-hydrogen) atoms. The molecule has 1 aromatic heterocycles. The van der Waals surface area contributed by atoms with Crippen LogP contribution in [0.4, 0.5) is 0 Å². The second-order valence-corrected chi connectivity index (χ2v) is 3.70. The summed E-state index contributed by atoms with van der Waals surface area (Å²) < 4.78 is 9.96. The van der Waals surface area contributed by atoms with Gasteiger partial charge in [-0.1, -0.05) is 5.16 Å². The van der Waals surface area contributed by atoms with Crippen molar-refractivity contribution in [2.24, 2.45) is 0 Å². The minimum Gasteiger partial charge on any atom is -0.454 e. The Hall–Kier alpha value is -2.61. The second kappa shape index (κ2) is 5.15. The van der Waals surface area contributed by atoms with Gasteiger partial charge in [0.25, 0.3) is 0 Å². The van der Waals surface area contributed by atoms with Crippen molar-refractivity contribution in [1.29, 1.82) is 5.26 Å². The smallest absolute Gasteiger partial charge is 0.338 e. The summed E-state index contributed by atoms with van der Waals surface area (Å²) in [7, 11) is 0. The number of carbonyl (C=O) groups is 1. The number of hydrogen-bond acceptors (Lipinski definition) is 5. The molecule has 0 saturated carbocycles. The molecule has 0 aliphatic rings. The molecule has 1 aromatic carbocycles. The van der Waals surface area contributed by atoms with Crippen LogP contribution in [0.5, 0.6) is 0 Å². The van der Waals surface area contributed by atoms with Gasteiger partial charge in [-0.3, -0.25) is 0 Å². The van der Waals surface area contributed by atoms with E-state index in [0.717, 1.165) is 5.69 Å². The van der Waals surface area contributed by atoms with Gasteiger partial charge in [-0.15, -0.1) is 0 Å². The molecule has 0 amide bonds. The van der Waals surface area contributed by atoms with Crippen LogP contribution in [0.15, 0.2) is 34.9 Å². The molecule has 5 heteroatoms. The molecule has 2 aromatic rings. The molecule has 0 unspecified atom stereocenters. The summed E-state index contributed by atoms with van der Waals surface area (Å²) in [5.41, 5.74) is 1.63. The summed E-state index contributed by atoms with van der Waals surface area (Å²) in [5, 5.41) is 12.3. The van der Waals surface area contributed by atoms with Gasteiger partial charge in [0.1, 0.15) is 0 Å². The van der Waals surface area contributed by atoms with E-state index >= 15 is 0 Å². The highest BCUT2D eigenvalue weighted by Crippen LogP contribution is 2.08. The van der Waals surface area contributed by atoms with Gasteiger partial charge in [0.05, 0.1) is 22.9 Å². The monoisotopic (exact) mass is 242 g/mol. The first kappa shape index (κ1) is 11.9. The van der Waals surface area contributed by atoms with E-state index in [1.807, 2.05) is 6.07 Å². The van der Waals surface area contributed by atoms with Gasteiger partial charge >= 0.3 is 5.97 Å². The maximum atomic E-state index is 11.7. The first-order chi connectivity index (χ1) is 8.69. The molecule has 90 valence electrons. The molecule has 5 nitrogen and oxygen atoms in total. The lowest BCUT2D eigenvalue weighted by Crippen LogP contribution is -2.04. The number of esters is 1. The number of hydrogen-bond donors (Lipinski definition) is 0. The van der Waals surface area contributed by atoms with E-state index in [-0.39, 0.29) is 6.61 Å². The highest BCUT2D eigenvalue weighted by atomic mass is 16.5. The number of rotatable bonds is 3. The molecule has 0 saturated heterocycles. The molecule has 0 radical (unpaired) electrons. The summed E-state index contributed by atoms with van der Waals surface area (Å²) in [4.78, 5) is 11.7. The normalized spacial score (nSPS) is 9.78. The van der Waals surface area contributed by atoms with Gasteiger partial charge in [0.15, 0.2) is 12.4 Å². The molecule has 2 rings (SSSR count). The molecule has 0 N–H and O–H groups in total. The lowest BCUT2D eigenvalue weighted by molar-refractivity contribution is 0.0437. The van der Waals surface area contributed by atoms with Gasteiger partial charge in [-0.05, 0) is 31.2 Å². The lowest BCUT2D eigenvalue weighted by atomic mass is 10.1. The van der Waals surface area contributed by atoms with Crippen LogP contribution in [-0.4, -0.2) is 11.1 Å². The molecule has 0 aliphatic heterocycles. The Kier molecular flexibility index (Phi) is 3.39. The van der Waals surface area contributed by atoms with Crippen LogP contribution in [0, 0.1) is 18.3 Å². The van der Waals surface area contributed by atoms with Crippen molar-refractivity contribution in [2.45, 2.75) is 13.5 Å². The summed E-state index contributed by atoms with van der Waals surface area (Å²) in [6.07, 6.45) is 0. The van der Waals surface area contributed by atoms with Crippen molar-refractivity contribution in [1.82, 2.24) is 5.16 Å². The van der Waals surface area contributed by atoms with E-state index in [4.69, 9.17) is 14.5 Å². The van der Waals surface area contributed by atoms with Crippen LogP contribution in [0.1, 0.15) is 27.4 Å². The average molecular weight is 242 g/mol. The average Bonchev–Trinajstić information content (AvgIpc) is 2.82. The first-order valence-electron chi connectivity index (χ1n) is 5.28. The zero-order valence-corrected chi connectivity index (χ0v) is 9.71. The highest BCUT2D eigenvalue weighted by Gasteiger charge is 2.09. The van der Waals surface area contributed by atoms with Crippen LogP contribution < -0.4 is 0 Å². The number of aromatic nitrogens is 1. The molecule has 1 heterocycles. The molecule has 0 bridgehead atoms. The fraction of sp³-hybridized carbons (Fsp3) is 0.154. The summed E-state index contributed by atoms with van der Waals surface area (Å²) in [6, 6.07) is 9.90. The van der Waals surface area contributed by atoms with Crippen molar-refractivity contribution in [2.75, 3.05) is 0 Å². The number of ether oxygens (including phenoxy) is 1. The van der Waals surface area contributed by atoms with Gasteiger partial charge in [0, 0.05) is 6.07 Å². The molecule has 0 fully saturated rings. The van der Waals surface area contributed by atoms with Crippen LogP contribution >= 0.6 is 0 Å². The maximum absolute atomic E-state index is 11.7. The Morgan fingerprint density at radius 2 is 2.17 bits per heavy atom. The Morgan fingerprint density at radius 1 is 1.44 bits per heavy atom. The van der Waals surface area contributed by atoms with Crippen LogP contribution in [-0.2, 0) is 11.3 Å². The lowest BCUT2D eigenvalue weighted by Gasteiger charge is -2.01. The van der Waals surface area contributed by atoms with Crippen molar-refractivity contribution in [3.8, 4) is 6.07 Å². The Labute approximate surface area is 104 Å². The first-order valence-corrected chi connectivity index (χ1v) is 5.28. The molecular weight excluding hydrogens is 232 g/mol. The van der Waals surface area contributed by atoms with Crippen molar-refractivity contribution in [3.05, 3.63) is 52.9 Å². The summed E-state index contributed by atoms with van der Waals surface area (Å²) in [6.45, 7) is 1.83. The second-order valence-electron chi connectivity index (χ2n) is 3.70. The number of aryl methyl sites for hydroxylation is 1. The van der Waals surface area contributed by atoms with Gasteiger partial charge in [-0.2, -0.15) is 5.26 Å². The van der Waals surface area contributed by atoms with Crippen LogP contribution in [0.3, 0.4) is 0 Å². The Morgan fingerprint density at radius 3 is 2.72 bits per heavy atom. The fourth-order valence-electron chi connectivity index (χ4n) is 1.39. The largest absolute Gasteiger partial charge is 0.454 e. The van der Waals surface area contributed by atoms with E-state index < -0.39 is 5.97 Å². The SMILES string of the molecule is Cc1cc(COC(=O)c2ccc(C#N)cc2)on1. The highest BCUT2D eigenvalue weighted by molar-refractivity contribution is 5.89. The third kappa shape index (κ3) is 2.74. The predicted octanol–water partition coefficient (Wildman–Crippen LogP) is 2.21. The number of carbonyl (C=O) groups excluding carboxylic acids is 1. The Bertz CT molecular complexity index is 593. The molecule has 0 aliphatic carbocycles. The minimum atomic E-state index is -0.464. The summed E-state index contributed by atoms with van der Waals surface area (Å²) >= 11 is 0. The predicted molar refractivity (Wildman–Crippen MR) is 61.5 cm³/mol. The van der Waals surface area contributed by atoms with Gasteiger partial charge in [0.2, 0.25) is 0 Å². The topological polar surface area (TPSA) is 76.1 Å². The standard InChI is InChI=1S/C13H10N2O3/c1-9-6-12(18-15-9)8-17-13(16)11-4-2-10(7-14)3-5-11/h2-6H,8H2,1H3. The van der Waals surface area contributed by atoms with E-state index in [1.165, 1.54) is 0 Å². The van der Waals surface area contributed by atoms with E-state index in [2.05, 4.69) is 5.16 Å². The van der Waals surface area contributed by atoms with E-state index in [1.54, 1.807) is 37.3 Å². The number of nitrogens with zero attached hydrogens (tertiary/aromatic N) is 2. The van der Waals surface area contributed by atoms with Gasteiger partial charge in [-0.25, -0.2) is 4.79 Å². The third-order valence-corrected chi connectivity index (χ3v) is 2.27. The third-order valence-electron chi connectivity index (χ3n) is 2.27. The molecule has 0 spiro atoms.